The summed E-state index contributed by atoms with van der Waals surface area (Å²) in [6, 6.07) is 6.60. The minimum Gasteiger partial charge on any atom is -0.453 e. The first-order valence-electron chi connectivity index (χ1n) is 11.6. The number of rotatable bonds is 10. The van der Waals surface area contributed by atoms with E-state index in [0.717, 1.165) is 11.3 Å². The number of sulfonamides is 1. The number of aliphatic hydroxyl groups is 1. The van der Waals surface area contributed by atoms with Crippen LogP contribution in [0.4, 0.5) is 10.5 Å². The predicted octanol–water partition coefficient (Wildman–Crippen LogP) is 0.877. The second kappa shape index (κ2) is 10.6. The summed E-state index contributed by atoms with van der Waals surface area (Å²) in [6.07, 6.45) is 0.753. The van der Waals surface area contributed by atoms with E-state index in [1.54, 1.807) is 4.90 Å². The molecule has 3 rings (SSSR count). The molecule has 1 aromatic rings. The second-order valence-corrected chi connectivity index (χ2v) is 12.1. The number of aliphatic hydroxyl groups excluding tert-OH is 1. The Balaban J connectivity index is 1.61. The van der Waals surface area contributed by atoms with Crippen LogP contribution in [0, 0.1) is 5.41 Å². The maximum Gasteiger partial charge on any atom is 0.407 e. The van der Waals surface area contributed by atoms with E-state index in [-0.39, 0.29) is 30.2 Å². The van der Waals surface area contributed by atoms with E-state index in [0.29, 0.717) is 32.2 Å². The number of para-hydroxylation sites is 1. The SMILES string of the molecule is COC(=O)NC1Cc2ccccc2N(C(=O)CC(C)(C)C[C@H](N)[C@@H](O)CNS(=O)(=O)C2CC2)C1. The van der Waals surface area contributed by atoms with Gasteiger partial charge in [-0.15, -0.1) is 0 Å². The molecule has 34 heavy (non-hydrogen) atoms. The second-order valence-electron chi connectivity index (χ2n) is 10.0. The van der Waals surface area contributed by atoms with Crippen LogP contribution in [0.15, 0.2) is 24.3 Å². The molecule has 10 nitrogen and oxygen atoms in total. The third kappa shape index (κ3) is 6.91. The van der Waals surface area contributed by atoms with Gasteiger partial charge in [-0.25, -0.2) is 17.9 Å². The molecule has 1 aliphatic heterocycles. The van der Waals surface area contributed by atoms with Gasteiger partial charge in [0.15, 0.2) is 0 Å². The van der Waals surface area contributed by atoms with Gasteiger partial charge in [-0.1, -0.05) is 32.0 Å². The average Bonchev–Trinajstić information content (AvgIpc) is 3.62. The largest absolute Gasteiger partial charge is 0.453 e. The van der Waals surface area contributed by atoms with Gasteiger partial charge in [0.1, 0.15) is 0 Å². The van der Waals surface area contributed by atoms with Crippen LogP contribution in [0.25, 0.3) is 0 Å². The van der Waals surface area contributed by atoms with Crippen LogP contribution >= 0.6 is 0 Å². The van der Waals surface area contributed by atoms with Crippen molar-refractivity contribution in [1.82, 2.24) is 10.0 Å². The monoisotopic (exact) mass is 496 g/mol. The minimum absolute atomic E-state index is 0.120. The van der Waals surface area contributed by atoms with Crippen LogP contribution < -0.4 is 20.7 Å². The van der Waals surface area contributed by atoms with Crippen molar-refractivity contribution in [2.75, 3.05) is 25.1 Å². The molecule has 1 aromatic carbocycles. The molecule has 11 heteroatoms. The minimum atomic E-state index is -3.40. The van der Waals surface area contributed by atoms with Gasteiger partial charge < -0.3 is 25.8 Å². The number of nitrogens with two attached hydrogens (primary N) is 1. The van der Waals surface area contributed by atoms with Gasteiger partial charge in [0, 0.05) is 31.2 Å². The van der Waals surface area contributed by atoms with Crippen molar-refractivity contribution in [3.63, 3.8) is 0 Å². The molecule has 1 saturated carbocycles. The number of fused-ring (bicyclic) bond motifs is 1. The highest BCUT2D eigenvalue weighted by molar-refractivity contribution is 7.90. The highest BCUT2D eigenvalue weighted by Crippen LogP contribution is 2.33. The van der Waals surface area contributed by atoms with Crippen molar-refractivity contribution >= 4 is 27.7 Å². The Morgan fingerprint density at radius 3 is 2.62 bits per heavy atom. The van der Waals surface area contributed by atoms with E-state index in [2.05, 4.69) is 10.0 Å². The molecule has 1 aliphatic carbocycles. The maximum absolute atomic E-state index is 13.4. The number of hydrogen-bond donors (Lipinski definition) is 4. The van der Waals surface area contributed by atoms with E-state index in [1.807, 2.05) is 38.1 Å². The third-order valence-electron chi connectivity index (χ3n) is 6.33. The van der Waals surface area contributed by atoms with Crippen LogP contribution in [0.2, 0.25) is 0 Å². The molecule has 2 aliphatic rings. The van der Waals surface area contributed by atoms with Crippen LogP contribution in [0.1, 0.15) is 45.1 Å². The molecule has 0 aromatic heterocycles. The van der Waals surface area contributed by atoms with Gasteiger partial charge in [0.05, 0.1) is 24.5 Å². The molecule has 0 bridgehead atoms. The molecule has 1 unspecified atom stereocenters. The van der Waals surface area contributed by atoms with Crippen LogP contribution in [-0.4, -0.2) is 69.2 Å². The lowest BCUT2D eigenvalue weighted by atomic mass is 9.80. The van der Waals surface area contributed by atoms with Crippen molar-refractivity contribution in [3.05, 3.63) is 29.8 Å². The summed E-state index contributed by atoms with van der Waals surface area (Å²) in [5.41, 5.74) is 7.39. The molecule has 0 saturated heterocycles. The lowest BCUT2D eigenvalue weighted by molar-refractivity contribution is -0.120. The first-order chi connectivity index (χ1) is 15.9. The normalized spacial score (nSPS) is 20.3. The highest BCUT2D eigenvalue weighted by Gasteiger charge is 2.37. The Labute approximate surface area is 201 Å². The maximum atomic E-state index is 13.4. The van der Waals surface area contributed by atoms with Crippen molar-refractivity contribution < 1.29 is 27.9 Å². The fourth-order valence-corrected chi connectivity index (χ4v) is 5.75. The van der Waals surface area contributed by atoms with Crippen LogP contribution in [-0.2, 0) is 26.0 Å². The molecule has 1 heterocycles. The third-order valence-corrected chi connectivity index (χ3v) is 8.25. The Hall–Kier alpha value is -2.21. The Kier molecular flexibility index (Phi) is 8.22. The number of alkyl carbamates (subject to hydrolysis) is 1. The Morgan fingerprint density at radius 1 is 1.29 bits per heavy atom. The number of carbonyl (C=O) groups excluding carboxylic acids is 2. The summed E-state index contributed by atoms with van der Waals surface area (Å²) < 4.78 is 31.1. The summed E-state index contributed by atoms with van der Waals surface area (Å²) in [4.78, 5) is 26.7. The lowest BCUT2D eigenvalue weighted by Gasteiger charge is -2.37. The number of ether oxygens (including phenoxy) is 1. The average molecular weight is 497 g/mol. The van der Waals surface area contributed by atoms with Crippen molar-refractivity contribution in [1.29, 1.82) is 0 Å². The van der Waals surface area contributed by atoms with Gasteiger partial charge in [-0.2, -0.15) is 0 Å². The summed E-state index contributed by atoms with van der Waals surface area (Å²) in [6.45, 7) is 3.96. The zero-order chi connectivity index (χ0) is 25.1. The molecule has 190 valence electrons. The highest BCUT2D eigenvalue weighted by atomic mass is 32.2. The van der Waals surface area contributed by atoms with E-state index in [4.69, 9.17) is 10.5 Å². The number of methoxy groups -OCH3 is 1. The van der Waals surface area contributed by atoms with E-state index in [9.17, 15) is 23.1 Å². The summed E-state index contributed by atoms with van der Waals surface area (Å²) in [5.74, 6) is -0.120. The van der Waals surface area contributed by atoms with E-state index < -0.39 is 33.7 Å². The molecule has 2 amide bonds. The number of anilines is 1. The molecular formula is C23H36N4O6S. The standard InChI is InChI=1S/C23H36N4O6S/c1-23(2,11-18(24)20(28)13-25-34(31,32)17-8-9-17)12-21(29)27-14-16(26-22(30)33-3)10-15-6-4-5-7-19(15)27/h4-7,16-18,20,25,28H,8-14,24H2,1-3H3,(H,26,30)/t16?,18-,20-/m0/s1. The van der Waals surface area contributed by atoms with Gasteiger partial charge in [0.25, 0.3) is 0 Å². The molecule has 3 atom stereocenters. The molecular weight excluding hydrogens is 460 g/mol. The number of nitrogens with zero attached hydrogens (tertiary/aromatic N) is 1. The summed E-state index contributed by atoms with van der Waals surface area (Å²) in [5, 5.41) is 12.8. The number of benzene rings is 1. The first kappa shape index (κ1) is 26.4. The first-order valence-corrected chi connectivity index (χ1v) is 13.1. The predicted molar refractivity (Wildman–Crippen MR) is 129 cm³/mol. The number of hydrogen-bond acceptors (Lipinski definition) is 7. The summed E-state index contributed by atoms with van der Waals surface area (Å²) in [7, 11) is -2.10. The van der Waals surface area contributed by atoms with Gasteiger partial charge >= 0.3 is 6.09 Å². The van der Waals surface area contributed by atoms with Crippen molar-refractivity contribution in [2.24, 2.45) is 11.1 Å². The quantitative estimate of drug-likeness (QED) is 0.375. The van der Waals surface area contributed by atoms with Crippen molar-refractivity contribution in [2.45, 2.75) is 69.4 Å². The van der Waals surface area contributed by atoms with Gasteiger partial charge in [-0.3, -0.25) is 4.79 Å². The van der Waals surface area contributed by atoms with Crippen molar-refractivity contribution in [3.8, 4) is 0 Å². The lowest BCUT2D eigenvalue weighted by Crippen LogP contribution is -2.51. The van der Waals surface area contributed by atoms with E-state index in [1.165, 1.54) is 7.11 Å². The summed E-state index contributed by atoms with van der Waals surface area (Å²) >= 11 is 0. The number of nitrogens with one attached hydrogen (secondary N) is 2. The van der Waals surface area contributed by atoms with Crippen LogP contribution in [0.3, 0.4) is 0 Å². The van der Waals surface area contributed by atoms with E-state index >= 15 is 0 Å². The molecule has 0 radical (unpaired) electrons. The Bertz CT molecular complexity index is 995. The number of amides is 2. The molecule has 1 fully saturated rings. The fraction of sp³-hybridized carbons (Fsp3) is 0.652. The zero-order valence-corrected chi connectivity index (χ0v) is 20.8. The molecule has 5 N–H and O–H groups in total. The molecule has 0 spiro atoms. The van der Waals surface area contributed by atoms with Crippen LogP contribution in [0.5, 0.6) is 0 Å². The smallest absolute Gasteiger partial charge is 0.407 e. The van der Waals surface area contributed by atoms with Gasteiger partial charge in [-0.05, 0) is 42.7 Å². The number of carbonyl (C=O) groups is 2. The van der Waals surface area contributed by atoms with Gasteiger partial charge in [0.2, 0.25) is 15.9 Å². The topological polar surface area (TPSA) is 151 Å². The fourth-order valence-electron chi connectivity index (χ4n) is 4.35. The Morgan fingerprint density at radius 2 is 1.97 bits per heavy atom. The zero-order valence-electron chi connectivity index (χ0n) is 20.0.